The predicted octanol–water partition coefficient (Wildman–Crippen LogP) is 5.58. The van der Waals surface area contributed by atoms with Gasteiger partial charge in [0, 0.05) is 5.56 Å². The van der Waals surface area contributed by atoms with E-state index in [1.54, 1.807) is 50.2 Å². The molecule has 1 heterocycles. The molecule has 0 unspecified atom stereocenters. The van der Waals surface area contributed by atoms with Gasteiger partial charge >= 0.3 is 12.3 Å². The van der Waals surface area contributed by atoms with Gasteiger partial charge in [-0.25, -0.2) is 14.7 Å². The van der Waals surface area contributed by atoms with E-state index in [4.69, 9.17) is 5.11 Å². The van der Waals surface area contributed by atoms with Crippen molar-refractivity contribution in [2.24, 2.45) is 10.1 Å². The third kappa shape index (κ3) is 8.32. The zero-order valence-corrected chi connectivity index (χ0v) is 22.4. The SMILES string of the molecule is Cc1cc(O)cc(C)c1/N=C(/N/N=C/c1ccc(-c2ncn(-c3ccc(OC(F)(F)F)cc3)n2)cc1)SCC(=O)O. The topological polar surface area (TPSA) is 134 Å². The van der Waals surface area contributed by atoms with Gasteiger partial charge in [-0.3, -0.25) is 10.2 Å². The number of hydrogen-bond donors (Lipinski definition) is 3. The van der Waals surface area contributed by atoms with E-state index in [2.05, 4.69) is 30.3 Å². The molecule has 14 heteroatoms. The van der Waals surface area contributed by atoms with Crippen molar-refractivity contribution in [1.82, 2.24) is 20.2 Å². The van der Waals surface area contributed by atoms with Crippen molar-refractivity contribution in [3.05, 3.63) is 83.7 Å². The molecule has 0 amide bonds. The van der Waals surface area contributed by atoms with Gasteiger partial charge in [0.15, 0.2) is 11.0 Å². The Morgan fingerprint density at radius 1 is 1.10 bits per heavy atom. The molecule has 10 nitrogen and oxygen atoms in total. The first-order valence-corrected chi connectivity index (χ1v) is 12.9. The molecule has 4 rings (SSSR count). The summed E-state index contributed by atoms with van der Waals surface area (Å²) in [6.07, 6.45) is -1.79. The molecule has 3 N–H and O–H groups in total. The van der Waals surface area contributed by atoms with Gasteiger partial charge in [0.05, 0.1) is 23.3 Å². The molecule has 1 aromatic heterocycles. The van der Waals surface area contributed by atoms with Gasteiger partial charge in [0.1, 0.15) is 17.8 Å². The Morgan fingerprint density at radius 3 is 2.37 bits per heavy atom. The van der Waals surface area contributed by atoms with Crippen LogP contribution in [0.5, 0.6) is 11.5 Å². The van der Waals surface area contributed by atoms with E-state index in [9.17, 15) is 23.1 Å². The average Bonchev–Trinajstić information content (AvgIpc) is 3.39. The standard InChI is InChI=1S/C27H23F3N6O4S/c1-16-11-21(37)12-17(2)24(16)33-26(41-14-23(38)39)34-32-13-18-3-5-19(6-4-18)25-31-15-36(35-25)20-7-9-22(10-8-20)40-27(28,29)30/h3-13,15,37H,14H2,1-2H3,(H,33,34)(H,38,39)/b32-13+. The molecule has 0 spiro atoms. The number of thioether (sulfide) groups is 1. The highest BCUT2D eigenvalue weighted by Gasteiger charge is 2.31. The minimum atomic E-state index is -4.77. The highest BCUT2D eigenvalue weighted by Crippen LogP contribution is 2.29. The lowest BCUT2D eigenvalue weighted by molar-refractivity contribution is -0.274. The number of nitrogens with zero attached hydrogens (tertiary/aromatic N) is 5. The quantitative estimate of drug-likeness (QED) is 0.139. The van der Waals surface area contributed by atoms with Gasteiger partial charge in [-0.15, -0.1) is 18.3 Å². The van der Waals surface area contributed by atoms with Crippen LogP contribution in [0.2, 0.25) is 0 Å². The Morgan fingerprint density at radius 2 is 1.76 bits per heavy atom. The van der Waals surface area contributed by atoms with Crippen LogP contribution in [-0.2, 0) is 4.79 Å². The number of ether oxygens (including phenoxy) is 1. The fourth-order valence-electron chi connectivity index (χ4n) is 3.63. The molecule has 0 atom stereocenters. The number of aromatic hydroxyl groups is 1. The molecular weight excluding hydrogens is 561 g/mol. The first-order chi connectivity index (χ1) is 19.5. The number of benzene rings is 3. The number of aliphatic imine (C=N–C) groups is 1. The molecule has 0 saturated heterocycles. The van der Waals surface area contributed by atoms with Crippen LogP contribution in [0.25, 0.3) is 17.1 Å². The second-order valence-corrected chi connectivity index (χ2v) is 9.54. The number of aromatic nitrogens is 3. The number of carbonyl (C=O) groups is 1. The van der Waals surface area contributed by atoms with Crippen LogP contribution in [0.15, 0.2) is 77.1 Å². The number of carboxylic acid groups (broad SMARTS) is 1. The van der Waals surface area contributed by atoms with Crippen molar-refractivity contribution in [1.29, 1.82) is 0 Å². The van der Waals surface area contributed by atoms with Crippen LogP contribution in [0.4, 0.5) is 18.9 Å². The van der Waals surface area contributed by atoms with E-state index in [1.165, 1.54) is 41.5 Å². The second-order valence-electron chi connectivity index (χ2n) is 8.57. The van der Waals surface area contributed by atoms with Crippen molar-refractivity contribution >= 4 is 34.8 Å². The van der Waals surface area contributed by atoms with Gasteiger partial charge in [0.25, 0.3) is 0 Å². The number of phenolic OH excluding ortho intramolecular Hbond substituents is 1. The Kier molecular flexibility index (Phi) is 8.92. The monoisotopic (exact) mass is 584 g/mol. The Bertz CT molecular complexity index is 1560. The maximum Gasteiger partial charge on any atom is 0.573 e. The summed E-state index contributed by atoms with van der Waals surface area (Å²) < 4.78 is 42.4. The number of nitrogens with one attached hydrogen (secondary N) is 1. The lowest BCUT2D eigenvalue weighted by atomic mass is 10.1. The van der Waals surface area contributed by atoms with Crippen molar-refractivity contribution in [2.45, 2.75) is 20.2 Å². The maximum atomic E-state index is 12.4. The van der Waals surface area contributed by atoms with Gasteiger partial charge in [-0.1, -0.05) is 36.0 Å². The third-order valence-electron chi connectivity index (χ3n) is 5.39. The Labute approximate surface area is 236 Å². The van der Waals surface area contributed by atoms with Crippen LogP contribution in [0.1, 0.15) is 16.7 Å². The summed E-state index contributed by atoms with van der Waals surface area (Å²) in [4.78, 5) is 19.9. The summed E-state index contributed by atoms with van der Waals surface area (Å²) in [6.45, 7) is 3.58. The molecule has 0 saturated carbocycles. The van der Waals surface area contributed by atoms with Crippen LogP contribution >= 0.6 is 11.8 Å². The molecule has 0 aliphatic carbocycles. The number of rotatable bonds is 8. The summed E-state index contributed by atoms with van der Waals surface area (Å²) in [5, 5.41) is 27.7. The number of hydrazone groups is 1. The summed E-state index contributed by atoms with van der Waals surface area (Å²) in [7, 11) is 0. The molecule has 0 bridgehead atoms. The first-order valence-electron chi connectivity index (χ1n) is 11.9. The molecule has 0 radical (unpaired) electrons. The zero-order chi connectivity index (χ0) is 29.6. The highest BCUT2D eigenvalue weighted by molar-refractivity contribution is 8.14. The molecule has 4 aromatic rings. The summed E-state index contributed by atoms with van der Waals surface area (Å²) in [6, 6.07) is 15.5. The van der Waals surface area contributed by atoms with Crippen LogP contribution in [-0.4, -0.2) is 54.4 Å². The molecule has 212 valence electrons. The molecule has 41 heavy (non-hydrogen) atoms. The lowest BCUT2D eigenvalue weighted by Crippen LogP contribution is -2.17. The number of amidine groups is 1. The molecule has 3 aromatic carbocycles. The highest BCUT2D eigenvalue weighted by atomic mass is 32.2. The molecule has 0 aliphatic heterocycles. The largest absolute Gasteiger partial charge is 0.573 e. The third-order valence-corrected chi connectivity index (χ3v) is 6.24. The van der Waals surface area contributed by atoms with E-state index in [-0.39, 0.29) is 22.4 Å². The summed E-state index contributed by atoms with van der Waals surface area (Å²) in [5.41, 5.74) is 6.75. The molecule has 0 aliphatic rings. The van der Waals surface area contributed by atoms with Gasteiger partial charge in [-0.05, 0) is 66.9 Å². The number of phenols is 1. The number of aliphatic carboxylic acids is 1. The van der Waals surface area contributed by atoms with Gasteiger partial charge < -0.3 is 14.9 Å². The fourth-order valence-corrected chi connectivity index (χ4v) is 4.16. The second kappa shape index (κ2) is 12.6. The van der Waals surface area contributed by atoms with Gasteiger partial charge in [-0.2, -0.15) is 5.10 Å². The van der Waals surface area contributed by atoms with E-state index in [1.807, 2.05) is 0 Å². The average molecular weight is 585 g/mol. The van der Waals surface area contributed by atoms with Crippen molar-refractivity contribution in [2.75, 3.05) is 5.75 Å². The van der Waals surface area contributed by atoms with E-state index >= 15 is 0 Å². The Hall–Kier alpha value is -4.85. The summed E-state index contributed by atoms with van der Waals surface area (Å²) in [5.74, 6) is -1.05. The van der Waals surface area contributed by atoms with Crippen molar-refractivity contribution < 1.29 is 32.9 Å². The number of carboxylic acids is 1. The summed E-state index contributed by atoms with van der Waals surface area (Å²) >= 11 is 0.972. The van der Waals surface area contributed by atoms with Crippen LogP contribution < -0.4 is 10.2 Å². The maximum absolute atomic E-state index is 12.4. The molecule has 0 fully saturated rings. The number of hydrogen-bond acceptors (Lipinski definition) is 8. The van der Waals surface area contributed by atoms with Crippen LogP contribution in [0, 0.1) is 13.8 Å². The van der Waals surface area contributed by atoms with E-state index in [0.717, 1.165) is 28.5 Å². The minimum absolute atomic E-state index is 0.115. The zero-order valence-electron chi connectivity index (χ0n) is 21.6. The number of alkyl halides is 3. The van der Waals surface area contributed by atoms with Crippen molar-refractivity contribution in [3.63, 3.8) is 0 Å². The van der Waals surface area contributed by atoms with Crippen molar-refractivity contribution in [3.8, 4) is 28.6 Å². The number of aryl methyl sites for hydroxylation is 2. The van der Waals surface area contributed by atoms with E-state index in [0.29, 0.717) is 22.8 Å². The predicted molar refractivity (Wildman–Crippen MR) is 149 cm³/mol. The Balaban J connectivity index is 1.44. The molecular formula is C27H23F3N6O4S. The smallest absolute Gasteiger partial charge is 0.508 e. The van der Waals surface area contributed by atoms with Crippen LogP contribution in [0.3, 0.4) is 0 Å². The van der Waals surface area contributed by atoms with E-state index < -0.39 is 12.3 Å². The normalized spacial score (nSPS) is 12.1. The number of halogens is 3. The minimum Gasteiger partial charge on any atom is -0.508 e. The lowest BCUT2D eigenvalue weighted by Gasteiger charge is -2.09. The fraction of sp³-hybridized carbons (Fsp3) is 0.148. The van der Waals surface area contributed by atoms with Gasteiger partial charge in [0.2, 0.25) is 0 Å². The first kappa shape index (κ1) is 29.1.